The highest BCUT2D eigenvalue weighted by Gasteiger charge is 2.19. The lowest BCUT2D eigenvalue weighted by atomic mass is 10.1. The van der Waals surface area contributed by atoms with E-state index in [1.165, 1.54) is 16.8 Å². The van der Waals surface area contributed by atoms with Crippen LogP contribution in [-0.2, 0) is 17.8 Å². The number of carboxylic acids is 1. The van der Waals surface area contributed by atoms with Gasteiger partial charge in [0.25, 0.3) is 0 Å². The lowest BCUT2D eigenvalue weighted by molar-refractivity contribution is -0.136. The zero-order chi connectivity index (χ0) is 13.9. The minimum Gasteiger partial charge on any atom is -0.481 e. The molecule has 1 aliphatic rings. The molecule has 5 heteroatoms. The van der Waals surface area contributed by atoms with Crippen molar-refractivity contribution in [1.82, 2.24) is 9.55 Å². The average molecular weight is 271 g/mol. The highest BCUT2D eigenvalue weighted by atomic mass is 16.4. The molecule has 2 heterocycles. The van der Waals surface area contributed by atoms with Crippen molar-refractivity contribution in [2.75, 3.05) is 18.0 Å². The number of nitrogens with zero attached hydrogens (tertiary/aromatic N) is 3. The van der Waals surface area contributed by atoms with E-state index in [0.717, 1.165) is 19.5 Å². The topological polar surface area (TPSA) is 58.4 Å². The molecule has 0 saturated heterocycles. The highest BCUT2D eigenvalue weighted by molar-refractivity contribution is 5.68. The van der Waals surface area contributed by atoms with Gasteiger partial charge in [-0.25, -0.2) is 4.98 Å². The molecule has 1 N–H and O–H groups in total. The van der Waals surface area contributed by atoms with Gasteiger partial charge in [0.15, 0.2) is 0 Å². The Morgan fingerprint density at radius 2 is 2.30 bits per heavy atom. The zero-order valence-electron chi connectivity index (χ0n) is 11.2. The van der Waals surface area contributed by atoms with E-state index in [1.807, 2.05) is 10.8 Å². The number of carboxylic acid groups (broad SMARTS) is 1. The number of fused-ring (bicyclic) bond motifs is 1. The van der Waals surface area contributed by atoms with Gasteiger partial charge in [0, 0.05) is 37.7 Å². The van der Waals surface area contributed by atoms with Crippen molar-refractivity contribution >= 4 is 11.7 Å². The molecule has 104 valence electrons. The third kappa shape index (κ3) is 2.66. The number of aliphatic carboxylic acids is 1. The Morgan fingerprint density at radius 3 is 3.05 bits per heavy atom. The maximum Gasteiger partial charge on any atom is 0.305 e. The SMILES string of the molecule is O=C(O)CCN1CCc2ccc(Cn3ccnc3)cc21. The van der Waals surface area contributed by atoms with Gasteiger partial charge in [0.2, 0.25) is 0 Å². The Labute approximate surface area is 117 Å². The van der Waals surface area contributed by atoms with Crippen molar-refractivity contribution in [2.45, 2.75) is 19.4 Å². The summed E-state index contributed by atoms with van der Waals surface area (Å²) in [6.45, 7) is 2.29. The predicted molar refractivity (Wildman–Crippen MR) is 75.9 cm³/mol. The van der Waals surface area contributed by atoms with Crippen LogP contribution in [0.2, 0.25) is 0 Å². The molecule has 0 bridgehead atoms. The van der Waals surface area contributed by atoms with Gasteiger partial charge in [-0.1, -0.05) is 12.1 Å². The molecule has 2 aromatic rings. The van der Waals surface area contributed by atoms with Crippen LogP contribution >= 0.6 is 0 Å². The summed E-state index contributed by atoms with van der Waals surface area (Å²) in [5.74, 6) is -0.743. The second-order valence-electron chi connectivity index (χ2n) is 5.08. The molecule has 0 radical (unpaired) electrons. The van der Waals surface area contributed by atoms with Crippen LogP contribution in [0.25, 0.3) is 0 Å². The van der Waals surface area contributed by atoms with Crippen LogP contribution in [0.1, 0.15) is 17.5 Å². The van der Waals surface area contributed by atoms with Crippen LogP contribution in [0.5, 0.6) is 0 Å². The summed E-state index contributed by atoms with van der Waals surface area (Å²) in [5, 5.41) is 8.81. The number of hydrogen-bond acceptors (Lipinski definition) is 3. The van der Waals surface area contributed by atoms with Crippen molar-refractivity contribution in [3.05, 3.63) is 48.0 Å². The van der Waals surface area contributed by atoms with E-state index in [9.17, 15) is 4.79 Å². The van der Waals surface area contributed by atoms with Gasteiger partial charge in [0.1, 0.15) is 0 Å². The molecule has 20 heavy (non-hydrogen) atoms. The smallest absolute Gasteiger partial charge is 0.305 e. The summed E-state index contributed by atoms with van der Waals surface area (Å²) < 4.78 is 2.03. The number of hydrogen-bond donors (Lipinski definition) is 1. The third-order valence-electron chi connectivity index (χ3n) is 3.66. The zero-order valence-corrected chi connectivity index (χ0v) is 11.2. The standard InChI is InChI=1S/C15H17N3O2/c19-15(20)4-7-18-6-3-13-2-1-12(9-14(13)18)10-17-8-5-16-11-17/h1-2,5,8-9,11H,3-4,6-7,10H2,(H,19,20). The van der Waals surface area contributed by atoms with Gasteiger partial charge < -0.3 is 14.6 Å². The fourth-order valence-corrected chi connectivity index (χ4v) is 2.64. The Morgan fingerprint density at radius 1 is 1.40 bits per heavy atom. The number of anilines is 1. The summed E-state index contributed by atoms with van der Waals surface area (Å²) >= 11 is 0. The van der Waals surface area contributed by atoms with Crippen molar-refractivity contribution in [3.63, 3.8) is 0 Å². The maximum absolute atomic E-state index is 10.7. The Hall–Kier alpha value is -2.30. The molecular weight excluding hydrogens is 254 g/mol. The Bertz CT molecular complexity index is 608. The van der Waals surface area contributed by atoms with Gasteiger partial charge >= 0.3 is 5.97 Å². The van der Waals surface area contributed by atoms with Gasteiger partial charge in [-0.05, 0) is 23.6 Å². The molecule has 0 aliphatic carbocycles. The fraction of sp³-hybridized carbons (Fsp3) is 0.333. The number of aromatic nitrogens is 2. The van der Waals surface area contributed by atoms with Gasteiger partial charge in [-0.3, -0.25) is 4.79 Å². The molecular formula is C15H17N3O2. The molecule has 3 rings (SSSR count). The van der Waals surface area contributed by atoms with Crippen LogP contribution in [0, 0.1) is 0 Å². The number of carbonyl (C=O) groups is 1. The van der Waals surface area contributed by atoms with E-state index in [1.54, 1.807) is 12.5 Å². The van der Waals surface area contributed by atoms with Crippen LogP contribution in [0.3, 0.4) is 0 Å². The van der Waals surface area contributed by atoms with E-state index in [-0.39, 0.29) is 6.42 Å². The lowest BCUT2D eigenvalue weighted by Gasteiger charge is -2.19. The Kier molecular flexibility index (Phi) is 3.41. The quantitative estimate of drug-likeness (QED) is 0.900. The first-order chi connectivity index (χ1) is 9.72. The largest absolute Gasteiger partial charge is 0.481 e. The first kappa shape index (κ1) is 12.7. The molecule has 1 aromatic carbocycles. The number of benzene rings is 1. The molecule has 0 saturated carbocycles. The van der Waals surface area contributed by atoms with Crippen LogP contribution in [0.15, 0.2) is 36.9 Å². The highest BCUT2D eigenvalue weighted by Crippen LogP contribution is 2.29. The molecule has 1 aromatic heterocycles. The summed E-state index contributed by atoms with van der Waals surface area (Å²) in [6.07, 6.45) is 6.70. The molecule has 0 spiro atoms. The first-order valence-electron chi connectivity index (χ1n) is 6.76. The molecule has 0 amide bonds. The van der Waals surface area contributed by atoms with Crippen LogP contribution < -0.4 is 4.90 Å². The van der Waals surface area contributed by atoms with E-state index in [0.29, 0.717) is 6.54 Å². The second kappa shape index (κ2) is 5.36. The van der Waals surface area contributed by atoms with Gasteiger partial charge in [-0.2, -0.15) is 0 Å². The van der Waals surface area contributed by atoms with E-state index in [4.69, 9.17) is 5.11 Å². The fourth-order valence-electron chi connectivity index (χ4n) is 2.64. The monoisotopic (exact) mass is 271 g/mol. The van der Waals surface area contributed by atoms with Gasteiger partial charge in [0.05, 0.1) is 12.7 Å². The molecule has 0 atom stereocenters. The van der Waals surface area contributed by atoms with E-state index < -0.39 is 5.97 Å². The average Bonchev–Trinajstić information content (AvgIpc) is 3.05. The van der Waals surface area contributed by atoms with Crippen molar-refractivity contribution in [3.8, 4) is 0 Å². The summed E-state index contributed by atoms with van der Waals surface area (Å²) in [6, 6.07) is 6.46. The normalized spacial score (nSPS) is 13.5. The lowest BCUT2D eigenvalue weighted by Crippen LogP contribution is -2.23. The van der Waals surface area contributed by atoms with Crippen LogP contribution in [0.4, 0.5) is 5.69 Å². The Balaban J connectivity index is 1.77. The summed E-state index contributed by atoms with van der Waals surface area (Å²) in [5.41, 5.74) is 3.71. The predicted octanol–water partition coefficient (Wildman–Crippen LogP) is 1.77. The number of imidazole rings is 1. The molecule has 0 unspecified atom stereocenters. The first-order valence-corrected chi connectivity index (χ1v) is 6.76. The van der Waals surface area contributed by atoms with Crippen molar-refractivity contribution in [2.24, 2.45) is 0 Å². The third-order valence-corrected chi connectivity index (χ3v) is 3.66. The van der Waals surface area contributed by atoms with Crippen molar-refractivity contribution < 1.29 is 9.90 Å². The molecule has 5 nitrogen and oxygen atoms in total. The van der Waals surface area contributed by atoms with Crippen molar-refractivity contribution in [1.29, 1.82) is 0 Å². The number of rotatable bonds is 5. The molecule has 1 aliphatic heterocycles. The van der Waals surface area contributed by atoms with Gasteiger partial charge in [-0.15, -0.1) is 0 Å². The van der Waals surface area contributed by atoms with Crippen LogP contribution in [-0.4, -0.2) is 33.7 Å². The second-order valence-corrected chi connectivity index (χ2v) is 5.08. The summed E-state index contributed by atoms with van der Waals surface area (Å²) in [7, 11) is 0. The minimum absolute atomic E-state index is 0.186. The minimum atomic E-state index is -0.743. The molecule has 0 fully saturated rings. The van der Waals surface area contributed by atoms with E-state index in [2.05, 4.69) is 28.1 Å². The van der Waals surface area contributed by atoms with E-state index >= 15 is 0 Å². The summed E-state index contributed by atoms with van der Waals surface area (Å²) in [4.78, 5) is 16.9. The maximum atomic E-state index is 10.7.